The Morgan fingerprint density at radius 2 is 1.79 bits per heavy atom. The molecule has 0 unspecified atom stereocenters. The lowest BCUT2D eigenvalue weighted by molar-refractivity contribution is -0.0764. The highest BCUT2D eigenvalue weighted by molar-refractivity contribution is 14.1. The first-order valence-electron chi connectivity index (χ1n) is 6.48. The van der Waals surface area contributed by atoms with E-state index in [1.54, 1.807) is 24.3 Å². The van der Waals surface area contributed by atoms with Crippen molar-refractivity contribution in [3.8, 4) is 0 Å². The molecule has 3 nitrogen and oxygen atoms in total. The molecular formula is C14H17IO3S. The van der Waals surface area contributed by atoms with Crippen LogP contribution < -0.4 is 0 Å². The predicted molar refractivity (Wildman–Crippen MR) is 82.0 cm³/mol. The van der Waals surface area contributed by atoms with Gasteiger partial charge in [-0.15, -0.1) is 0 Å². The van der Waals surface area contributed by atoms with Gasteiger partial charge in [0, 0.05) is 3.42 Å². The summed E-state index contributed by atoms with van der Waals surface area (Å²) in [7, 11) is -3.58. The van der Waals surface area contributed by atoms with Crippen LogP contribution in [0, 0.1) is 12.3 Å². The maximum absolute atomic E-state index is 12.0. The highest BCUT2D eigenvalue weighted by Crippen LogP contribution is 2.73. The van der Waals surface area contributed by atoms with Crippen LogP contribution in [0.1, 0.15) is 31.2 Å². The average Bonchev–Trinajstić information content (AvgIpc) is 2.25. The van der Waals surface area contributed by atoms with Gasteiger partial charge in [0.05, 0.1) is 11.5 Å². The van der Waals surface area contributed by atoms with Gasteiger partial charge in [-0.25, -0.2) is 0 Å². The second kappa shape index (κ2) is 4.43. The van der Waals surface area contributed by atoms with Gasteiger partial charge in [0.15, 0.2) is 0 Å². The van der Waals surface area contributed by atoms with Crippen molar-refractivity contribution in [3.63, 3.8) is 0 Å². The van der Waals surface area contributed by atoms with E-state index in [2.05, 4.69) is 22.6 Å². The molecule has 3 aliphatic rings. The van der Waals surface area contributed by atoms with E-state index in [4.69, 9.17) is 4.18 Å². The molecule has 3 saturated carbocycles. The summed E-state index contributed by atoms with van der Waals surface area (Å²) in [4.78, 5) is 0.251. The molecule has 0 atom stereocenters. The smallest absolute Gasteiger partial charge is 0.266 e. The van der Waals surface area contributed by atoms with E-state index in [1.165, 1.54) is 19.3 Å². The molecule has 19 heavy (non-hydrogen) atoms. The molecule has 0 radical (unpaired) electrons. The molecule has 3 aliphatic carbocycles. The number of rotatable bonds is 5. The summed E-state index contributed by atoms with van der Waals surface area (Å²) >= 11 is 2.52. The minimum atomic E-state index is -3.58. The van der Waals surface area contributed by atoms with Gasteiger partial charge in [0.2, 0.25) is 0 Å². The Morgan fingerprint density at radius 3 is 2.32 bits per heavy atom. The summed E-state index contributed by atoms with van der Waals surface area (Å²) < 4.78 is 29.7. The van der Waals surface area contributed by atoms with E-state index in [0.29, 0.717) is 15.4 Å². The lowest BCUT2D eigenvalue weighted by atomic mass is 9.43. The first kappa shape index (κ1) is 13.8. The SMILES string of the molecule is Cc1ccc(S(=O)(=O)OCCC23CC(I)(C2)C3)cc1. The molecule has 0 aromatic heterocycles. The molecule has 2 bridgehead atoms. The lowest BCUT2D eigenvalue weighted by Gasteiger charge is -2.68. The molecule has 0 spiro atoms. The Bertz CT molecular complexity index is 572. The summed E-state index contributed by atoms with van der Waals surface area (Å²) in [5, 5.41) is 0. The highest BCUT2D eigenvalue weighted by atomic mass is 127. The molecule has 0 heterocycles. The number of hydrogen-bond acceptors (Lipinski definition) is 3. The van der Waals surface area contributed by atoms with E-state index >= 15 is 0 Å². The van der Waals surface area contributed by atoms with Crippen LogP contribution in [-0.2, 0) is 14.3 Å². The van der Waals surface area contributed by atoms with Crippen LogP contribution in [0.2, 0.25) is 0 Å². The number of aryl methyl sites for hydroxylation is 1. The molecule has 4 rings (SSSR count). The average molecular weight is 392 g/mol. The number of alkyl halides is 1. The van der Waals surface area contributed by atoms with Crippen LogP contribution in [0.25, 0.3) is 0 Å². The topological polar surface area (TPSA) is 43.4 Å². The fourth-order valence-electron chi connectivity index (χ4n) is 3.27. The Hall–Kier alpha value is -0.140. The third-order valence-corrected chi connectivity index (χ3v) is 6.73. The summed E-state index contributed by atoms with van der Waals surface area (Å²) in [5.41, 5.74) is 1.43. The lowest BCUT2D eigenvalue weighted by Crippen LogP contribution is -2.63. The number of benzene rings is 1. The fraction of sp³-hybridized carbons (Fsp3) is 0.571. The Morgan fingerprint density at radius 1 is 1.21 bits per heavy atom. The largest absolute Gasteiger partial charge is 0.296 e. The van der Waals surface area contributed by atoms with E-state index in [0.717, 1.165) is 12.0 Å². The quantitative estimate of drug-likeness (QED) is 0.438. The van der Waals surface area contributed by atoms with E-state index in [-0.39, 0.29) is 4.90 Å². The van der Waals surface area contributed by atoms with Gasteiger partial charge in [-0.2, -0.15) is 8.42 Å². The van der Waals surface area contributed by atoms with Crippen LogP contribution in [0.5, 0.6) is 0 Å². The maximum Gasteiger partial charge on any atom is 0.296 e. The molecule has 3 fully saturated rings. The zero-order valence-electron chi connectivity index (χ0n) is 10.9. The minimum Gasteiger partial charge on any atom is -0.266 e. The molecule has 0 N–H and O–H groups in total. The van der Waals surface area contributed by atoms with Crippen LogP contribution >= 0.6 is 22.6 Å². The Kier molecular flexibility index (Phi) is 3.22. The van der Waals surface area contributed by atoms with E-state index in [9.17, 15) is 8.42 Å². The van der Waals surface area contributed by atoms with Gasteiger partial charge in [-0.3, -0.25) is 4.18 Å². The monoisotopic (exact) mass is 392 g/mol. The fourth-order valence-corrected chi connectivity index (χ4v) is 6.60. The summed E-state index contributed by atoms with van der Waals surface area (Å²) in [6, 6.07) is 6.78. The molecule has 5 heteroatoms. The normalized spacial score (nSPS) is 32.5. The Labute approximate surface area is 128 Å². The molecular weight excluding hydrogens is 375 g/mol. The zero-order valence-corrected chi connectivity index (χ0v) is 13.8. The van der Waals surface area contributed by atoms with Crippen molar-refractivity contribution in [1.29, 1.82) is 0 Å². The third-order valence-electron chi connectivity index (χ3n) is 4.26. The standard InChI is InChI=1S/C14H17IO3S/c1-11-2-4-12(5-3-11)19(16,17)18-7-6-13-8-14(15,9-13)10-13/h2-5H,6-10H2,1H3. The number of halogens is 1. The van der Waals surface area contributed by atoms with Gasteiger partial charge in [0.1, 0.15) is 0 Å². The van der Waals surface area contributed by atoms with Crippen LogP contribution in [-0.4, -0.2) is 18.4 Å². The maximum atomic E-state index is 12.0. The predicted octanol–water partition coefficient (Wildman–Crippen LogP) is 3.45. The molecule has 1 aromatic carbocycles. The first-order chi connectivity index (χ1) is 8.83. The summed E-state index contributed by atoms with van der Waals surface area (Å²) in [6.07, 6.45) is 4.56. The van der Waals surface area contributed by atoms with Gasteiger partial charge in [-0.1, -0.05) is 40.3 Å². The van der Waals surface area contributed by atoms with Crippen molar-refractivity contribution < 1.29 is 12.6 Å². The van der Waals surface area contributed by atoms with Crippen LogP contribution in [0.15, 0.2) is 29.2 Å². The molecule has 0 amide bonds. The first-order valence-corrected chi connectivity index (χ1v) is 8.97. The second-order valence-electron chi connectivity index (χ2n) is 6.02. The van der Waals surface area contributed by atoms with Crippen molar-refractivity contribution in [3.05, 3.63) is 29.8 Å². The second-order valence-corrected chi connectivity index (χ2v) is 9.92. The summed E-state index contributed by atoms with van der Waals surface area (Å²) in [6.45, 7) is 2.24. The Balaban J connectivity index is 1.56. The third kappa shape index (κ3) is 2.56. The zero-order chi connectivity index (χ0) is 13.7. The summed E-state index contributed by atoms with van der Waals surface area (Å²) in [5.74, 6) is 0. The van der Waals surface area contributed by atoms with Crippen molar-refractivity contribution in [2.24, 2.45) is 5.41 Å². The van der Waals surface area contributed by atoms with Crippen LogP contribution in [0.4, 0.5) is 0 Å². The van der Waals surface area contributed by atoms with Gasteiger partial charge in [-0.05, 0) is 50.2 Å². The van der Waals surface area contributed by atoms with Crippen molar-refractivity contribution in [2.45, 2.75) is 40.9 Å². The van der Waals surface area contributed by atoms with E-state index in [1.807, 2.05) is 6.92 Å². The van der Waals surface area contributed by atoms with Crippen molar-refractivity contribution in [2.75, 3.05) is 6.61 Å². The number of hydrogen-bond donors (Lipinski definition) is 0. The van der Waals surface area contributed by atoms with E-state index < -0.39 is 10.1 Å². The van der Waals surface area contributed by atoms with Gasteiger partial charge in [0.25, 0.3) is 10.1 Å². The molecule has 104 valence electrons. The van der Waals surface area contributed by atoms with Crippen molar-refractivity contribution in [1.82, 2.24) is 0 Å². The van der Waals surface area contributed by atoms with Crippen LogP contribution in [0.3, 0.4) is 0 Å². The highest BCUT2D eigenvalue weighted by Gasteiger charge is 2.65. The molecule has 1 aromatic rings. The molecule has 0 aliphatic heterocycles. The van der Waals surface area contributed by atoms with Crippen molar-refractivity contribution >= 4 is 32.7 Å². The van der Waals surface area contributed by atoms with Gasteiger partial charge >= 0.3 is 0 Å². The minimum absolute atomic E-state index is 0.251. The van der Waals surface area contributed by atoms with Gasteiger partial charge < -0.3 is 0 Å². The molecule has 0 saturated heterocycles.